The minimum atomic E-state index is -0.798. The van der Waals surface area contributed by atoms with Gasteiger partial charge in [0.05, 0.1) is 5.69 Å². The Morgan fingerprint density at radius 2 is 2.23 bits per heavy atom. The van der Waals surface area contributed by atoms with Crippen molar-refractivity contribution in [2.24, 2.45) is 5.73 Å². The van der Waals surface area contributed by atoms with E-state index in [9.17, 15) is 5.11 Å². The highest BCUT2D eigenvalue weighted by atomic mass is 16.3. The van der Waals surface area contributed by atoms with Crippen LogP contribution in [0.5, 0.6) is 0 Å². The summed E-state index contributed by atoms with van der Waals surface area (Å²) in [5, 5.41) is 18.2. The van der Waals surface area contributed by atoms with Crippen molar-refractivity contribution in [3.63, 3.8) is 0 Å². The van der Waals surface area contributed by atoms with Crippen LogP contribution < -0.4 is 5.73 Å². The van der Waals surface area contributed by atoms with Crippen LogP contribution in [0.2, 0.25) is 0 Å². The molecule has 2 unspecified atom stereocenters. The van der Waals surface area contributed by atoms with Gasteiger partial charge in [0.25, 0.3) is 0 Å². The fraction of sp³-hybridized carbons (Fsp3) is 0.444. The van der Waals surface area contributed by atoms with Gasteiger partial charge in [-0.25, -0.2) is 0 Å². The molecule has 4 N–H and O–H groups in total. The van der Waals surface area contributed by atoms with Gasteiger partial charge in [0, 0.05) is 18.8 Å². The zero-order valence-electron chi connectivity index (χ0n) is 7.30. The van der Waals surface area contributed by atoms with Gasteiger partial charge in [-0.3, -0.25) is 4.98 Å². The molecule has 13 heavy (non-hydrogen) atoms. The first-order valence-corrected chi connectivity index (χ1v) is 4.21. The molecule has 0 saturated carbocycles. The third kappa shape index (κ3) is 2.77. The Kier molecular flexibility index (Phi) is 3.82. The van der Waals surface area contributed by atoms with E-state index < -0.39 is 12.1 Å². The van der Waals surface area contributed by atoms with Gasteiger partial charge < -0.3 is 15.9 Å². The van der Waals surface area contributed by atoms with E-state index in [1.165, 1.54) is 0 Å². The Hall–Kier alpha value is -0.970. The molecule has 0 spiro atoms. The fourth-order valence-electron chi connectivity index (χ4n) is 1.08. The summed E-state index contributed by atoms with van der Waals surface area (Å²) in [5.74, 6) is 0. The van der Waals surface area contributed by atoms with E-state index in [0.29, 0.717) is 12.1 Å². The number of hydrogen-bond acceptors (Lipinski definition) is 4. The number of rotatable bonds is 4. The van der Waals surface area contributed by atoms with Crippen LogP contribution in [0.3, 0.4) is 0 Å². The summed E-state index contributed by atoms with van der Waals surface area (Å²) in [4.78, 5) is 3.97. The van der Waals surface area contributed by atoms with Crippen LogP contribution in [0.1, 0.15) is 18.2 Å². The molecule has 0 aliphatic heterocycles. The van der Waals surface area contributed by atoms with Crippen molar-refractivity contribution in [1.29, 1.82) is 0 Å². The van der Waals surface area contributed by atoms with E-state index in [1.807, 2.05) is 0 Å². The second-order valence-electron chi connectivity index (χ2n) is 2.88. The normalized spacial score (nSPS) is 15.3. The SMILES string of the molecule is NC(CCO)C(O)c1ccccn1. The first-order valence-electron chi connectivity index (χ1n) is 4.21. The molecule has 0 aromatic carbocycles. The highest BCUT2D eigenvalue weighted by Gasteiger charge is 2.16. The second-order valence-corrected chi connectivity index (χ2v) is 2.88. The van der Waals surface area contributed by atoms with Crippen LogP contribution in [0.25, 0.3) is 0 Å². The van der Waals surface area contributed by atoms with Crippen LogP contribution >= 0.6 is 0 Å². The summed E-state index contributed by atoms with van der Waals surface area (Å²) in [5.41, 5.74) is 6.15. The Balaban J connectivity index is 2.62. The van der Waals surface area contributed by atoms with E-state index in [1.54, 1.807) is 24.4 Å². The quantitative estimate of drug-likeness (QED) is 0.603. The zero-order valence-corrected chi connectivity index (χ0v) is 7.30. The highest BCUT2D eigenvalue weighted by molar-refractivity contribution is 5.08. The molecule has 0 aliphatic rings. The van der Waals surface area contributed by atoms with Gasteiger partial charge in [-0.05, 0) is 18.6 Å². The predicted molar refractivity (Wildman–Crippen MR) is 48.9 cm³/mol. The van der Waals surface area contributed by atoms with E-state index in [-0.39, 0.29) is 6.61 Å². The number of aliphatic hydroxyl groups is 2. The molecular weight excluding hydrogens is 168 g/mol. The standard InChI is InChI=1S/C9H14N2O2/c10-7(4-6-12)9(13)8-3-1-2-5-11-8/h1-3,5,7,9,12-13H,4,6,10H2. The summed E-state index contributed by atoms with van der Waals surface area (Å²) in [6, 6.07) is 4.81. The molecule has 1 aromatic heterocycles. The maximum absolute atomic E-state index is 9.62. The van der Waals surface area contributed by atoms with Gasteiger partial charge in [-0.15, -0.1) is 0 Å². The summed E-state index contributed by atoms with van der Waals surface area (Å²) in [6.07, 6.45) is 1.18. The van der Waals surface area contributed by atoms with Gasteiger partial charge in [0.15, 0.2) is 0 Å². The molecule has 0 radical (unpaired) electrons. The van der Waals surface area contributed by atoms with Gasteiger partial charge in [-0.1, -0.05) is 6.07 Å². The van der Waals surface area contributed by atoms with Crippen molar-refractivity contribution in [3.05, 3.63) is 30.1 Å². The monoisotopic (exact) mass is 182 g/mol. The maximum Gasteiger partial charge on any atom is 0.111 e. The Bertz CT molecular complexity index is 241. The molecule has 0 amide bonds. The third-order valence-electron chi connectivity index (χ3n) is 1.86. The predicted octanol–water partition coefficient (Wildman–Crippen LogP) is -0.175. The first kappa shape index (κ1) is 10.1. The number of aliphatic hydroxyl groups excluding tert-OH is 2. The lowest BCUT2D eigenvalue weighted by molar-refractivity contribution is 0.125. The number of aromatic nitrogens is 1. The molecule has 4 nitrogen and oxygen atoms in total. The van der Waals surface area contributed by atoms with Crippen molar-refractivity contribution >= 4 is 0 Å². The molecule has 0 fully saturated rings. The first-order chi connectivity index (χ1) is 6.25. The van der Waals surface area contributed by atoms with E-state index >= 15 is 0 Å². The Morgan fingerprint density at radius 3 is 2.77 bits per heavy atom. The van der Waals surface area contributed by atoms with Gasteiger partial charge in [0.2, 0.25) is 0 Å². The molecule has 0 bridgehead atoms. The lowest BCUT2D eigenvalue weighted by Crippen LogP contribution is -2.29. The van der Waals surface area contributed by atoms with E-state index in [2.05, 4.69) is 4.98 Å². The molecular formula is C9H14N2O2. The largest absolute Gasteiger partial charge is 0.396 e. The van der Waals surface area contributed by atoms with Crippen molar-refractivity contribution in [2.45, 2.75) is 18.6 Å². The summed E-state index contributed by atoms with van der Waals surface area (Å²) >= 11 is 0. The summed E-state index contributed by atoms with van der Waals surface area (Å²) in [7, 11) is 0. The van der Waals surface area contributed by atoms with Crippen molar-refractivity contribution in [2.75, 3.05) is 6.61 Å². The van der Waals surface area contributed by atoms with Crippen LogP contribution in [-0.4, -0.2) is 27.8 Å². The van der Waals surface area contributed by atoms with Crippen LogP contribution in [0, 0.1) is 0 Å². The number of pyridine rings is 1. The summed E-state index contributed by atoms with van der Waals surface area (Å²) < 4.78 is 0. The Labute approximate surface area is 77.0 Å². The molecule has 0 aliphatic carbocycles. The third-order valence-corrected chi connectivity index (χ3v) is 1.86. The van der Waals surface area contributed by atoms with Crippen LogP contribution in [0.15, 0.2) is 24.4 Å². The van der Waals surface area contributed by atoms with E-state index in [0.717, 1.165) is 0 Å². The van der Waals surface area contributed by atoms with Gasteiger partial charge in [0.1, 0.15) is 6.10 Å². The molecule has 1 rings (SSSR count). The fourth-order valence-corrected chi connectivity index (χ4v) is 1.08. The molecule has 1 heterocycles. The molecule has 1 aromatic rings. The number of hydrogen-bond donors (Lipinski definition) is 3. The number of nitrogens with zero attached hydrogens (tertiary/aromatic N) is 1. The number of nitrogens with two attached hydrogens (primary N) is 1. The summed E-state index contributed by atoms with van der Waals surface area (Å²) in [6.45, 7) is -0.0228. The van der Waals surface area contributed by atoms with Crippen molar-refractivity contribution in [3.8, 4) is 0 Å². The van der Waals surface area contributed by atoms with Crippen molar-refractivity contribution in [1.82, 2.24) is 4.98 Å². The van der Waals surface area contributed by atoms with Crippen LogP contribution in [0.4, 0.5) is 0 Å². The topological polar surface area (TPSA) is 79.4 Å². The lowest BCUT2D eigenvalue weighted by atomic mass is 10.1. The zero-order chi connectivity index (χ0) is 9.68. The average Bonchev–Trinajstić information content (AvgIpc) is 2.18. The van der Waals surface area contributed by atoms with Crippen LogP contribution in [-0.2, 0) is 0 Å². The Morgan fingerprint density at radius 1 is 1.46 bits per heavy atom. The molecule has 4 heteroatoms. The molecule has 2 atom stereocenters. The van der Waals surface area contributed by atoms with E-state index in [4.69, 9.17) is 10.8 Å². The smallest absolute Gasteiger partial charge is 0.111 e. The molecule has 72 valence electrons. The second kappa shape index (κ2) is 4.91. The minimum absolute atomic E-state index is 0.0228. The van der Waals surface area contributed by atoms with Gasteiger partial charge in [-0.2, -0.15) is 0 Å². The lowest BCUT2D eigenvalue weighted by Gasteiger charge is -2.16. The molecule has 0 saturated heterocycles. The highest BCUT2D eigenvalue weighted by Crippen LogP contribution is 2.13. The van der Waals surface area contributed by atoms with Gasteiger partial charge >= 0.3 is 0 Å². The maximum atomic E-state index is 9.62. The van der Waals surface area contributed by atoms with Crippen molar-refractivity contribution < 1.29 is 10.2 Å². The average molecular weight is 182 g/mol. The minimum Gasteiger partial charge on any atom is -0.396 e.